The van der Waals surface area contributed by atoms with Crippen LogP contribution in [0.3, 0.4) is 0 Å². The number of hydrogen-bond donors (Lipinski definition) is 2. The number of anilines is 1. The van der Waals surface area contributed by atoms with E-state index in [1.807, 2.05) is 0 Å². The second kappa shape index (κ2) is 7.62. The number of fused-ring (bicyclic) bond motifs is 3. The molecule has 2 bridgehead atoms. The van der Waals surface area contributed by atoms with E-state index in [2.05, 4.69) is 10.2 Å². The van der Waals surface area contributed by atoms with Crippen LogP contribution in [0.2, 0.25) is 5.02 Å². The minimum Gasteiger partial charge on any atom is -0.496 e. The van der Waals surface area contributed by atoms with Crippen LogP contribution < -0.4 is 15.8 Å². The number of amides is 1. The van der Waals surface area contributed by atoms with Gasteiger partial charge in [0.25, 0.3) is 0 Å². The van der Waals surface area contributed by atoms with Gasteiger partial charge in [0.2, 0.25) is 5.91 Å². The number of hydrogen-bond acceptors (Lipinski definition) is 4. The molecule has 1 aromatic carbocycles. The lowest BCUT2D eigenvalue weighted by molar-refractivity contribution is -0.120. The van der Waals surface area contributed by atoms with Gasteiger partial charge < -0.3 is 20.7 Å². The van der Waals surface area contributed by atoms with Gasteiger partial charge in [-0.1, -0.05) is 11.6 Å². The maximum atomic E-state index is 12.2. The summed E-state index contributed by atoms with van der Waals surface area (Å²) in [6.07, 6.45) is 5.26. The molecule has 0 spiro atoms. The minimum atomic E-state index is -0.00916. The first-order chi connectivity index (χ1) is 11.6. The van der Waals surface area contributed by atoms with Gasteiger partial charge in [-0.15, -0.1) is 0 Å². The molecule has 3 heterocycles. The van der Waals surface area contributed by atoms with Gasteiger partial charge in [0, 0.05) is 24.2 Å². The van der Waals surface area contributed by atoms with Gasteiger partial charge >= 0.3 is 0 Å². The number of rotatable bonds is 6. The number of benzene rings is 1. The molecular weight excluding hydrogens is 326 g/mol. The number of nitrogens with zero attached hydrogens (tertiary/aromatic N) is 1. The van der Waals surface area contributed by atoms with Gasteiger partial charge in [-0.05, 0) is 50.8 Å². The van der Waals surface area contributed by atoms with Crippen LogP contribution in [0.25, 0.3) is 0 Å². The van der Waals surface area contributed by atoms with Gasteiger partial charge in [-0.3, -0.25) is 4.79 Å². The van der Waals surface area contributed by atoms with E-state index in [-0.39, 0.29) is 12.3 Å². The molecule has 24 heavy (non-hydrogen) atoms. The summed E-state index contributed by atoms with van der Waals surface area (Å²) in [7, 11) is 1.57. The van der Waals surface area contributed by atoms with E-state index >= 15 is 0 Å². The third-order valence-electron chi connectivity index (χ3n) is 5.32. The van der Waals surface area contributed by atoms with Crippen molar-refractivity contribution in [2.24, 2.45) is 5.92 Å². The first-order valence-electron chi connectivity index (χ1n) is 8.69. The zero-order valence-corrected chi connectivity index (χ0v) is 14.9. The maximum Gasteiger partial charge on any atom is 0.224 e. The Morgan fingerprint density at radius 2 is 2.17 bits per heavy atom. The summed E-state index contributed by atoms with van der Waals surface area (Å²) in [6.45, 7) is 3.17. The van der Waals surface area contributed by atoms with Crippen LogP contribution in [0.15, 0.2) is 12.1 Å². The van der Waals surface area contributed by atoms with Crippen LogP contribution in [0, 0.1) is 5.92 Å². The van der Waals surface area contributed by atoms with Crippen LogP contribution >= 0.6 is 11.6 Å². The number of nitrogens with two attached hydrogens (primary N) is 1. The van der Waals surface area contributed by atoms with Crippen LogP contribution in [0.1, 0.15) is 31.2 Å². The van der Waals surface area contributed by atoms with E-state index in [1.54, 1.807) is 19.2 Å². The molecule has 3 saturated heterocycles. The summed E-state index contributed by atoms with van der Waals surface area (Å²) in [4.78, 5) is 14.8. The average Bonchev–Trinajstić information content (AvgIpc) is 2.59. The monoisotopic (exact) mass is 351 g/mol. The van der Waals surface area contributed by atoms with Gasteiger partial charge in [-0.2, -0.15) is 0 Å². The number of carbonyl (C=O) groups excluding carboxylic acids is 1. The molecule has 6 heteroatoms. The molecule has 0 saturated carbocycles. The van der Waals surface area contributed by atoms with Crippen molar-refractivity contribution in [2.75, 3.05) is 32.5 Å². The Bertz CT molecular complexity index is 600. The predicted molar refractivity (Wildman–Crippen MR) is 96.4 cm³/mol. The quantitative estimate of drug-likeness (QED) is 0.772. The third kappa shape index (κ3) is 3.95. The van der Waals surface area contributed by atoms with Crippen molar-refractivity contribution in [3.05, 3.63) is 22.7 Å². The molecule has 0 radical (unpaired) electrons. The Labute approximate surface area is 148 Å². The molecule has 1 atom stereocenters. The number of ether oxygens (including phenoxy) is 1. The van der Waals surface area contributed by atoms with Crippen molar-refractivity contribution in [3.8, 4) is 5.75 Å². The first-order valence-corrected chi connectivity index (χ1v) is 9.07. The fourth-order valence-electron chi connectivity index (χ4n) is 3.94. The number of carbonyl (C=O) groups is 1. The van der Waals surface area contributed by atoms with Crippen molar-refractivity contribution >= 4 is 23.2 Å². The third-order valence-corrected chi connectivity index (χ3v) is 5.65. The number of nitrogen functional groups attached to an aromatic ring is 1. The Morgan fingerprint density at radius 1 is 1.42 bits per heavy atom. The minimum absolute atomic E-state index is 0.00916. The second-order valence-corrected chi connectivity index (χ2v) is 7.28. The molecule has 3 N–H and O–H groups in total. The Kier molecular flexibility index (Phi) is 5.51. The number of methoxy groups -OCH3 is 1. The van der Waals surface area contributed by atoms with E-state index in [0.29, 0.717) is 22.5 Å². The topological polar surface area (TPSA) is 67.6 Å². The molecular formula is C18H26ClN3O2. The maximum absolute atomic E-state index is 12.2. The van der Waals surface area contributed by atoms with Crippen LogP contribution in [-0.2, 0) is 11.2 Å². The standard InChI is InChI=1S/C18H26ClN3O2/c1-24-17-11-16(20)15(19)9-13(17)10-18(23)21-5-2-14-8-12-3-6-22(14)7-4-12/h9,11-12,14H,2-8,10,20H2,1H3,(H,21,23). The van der Waals surface area contributed by atoms with Gasteiger partial charge in [0.15, 0.2) is 0 Å². The largest absolute Gasteiger partial charge is 0.496 e. The molecule has 4 rings (SSSR count). The summed E-state index contributed by atoms with van der Waals surface area (Å²) < 4.78 is 5.29. The van der Waals surface area contributed by atoms with Crippen LogP contribution in [-0.4, -0.2) is 43.6 Å². The molecule has 0 aliphatic carbocycles. The molecule has 1 unspecified atom stereocenters. The zero-order chi connectivity index (χ0) is 17.1. The summed E-state index contributed by atoms with van der Waals surface area (Å²) >= 11 is 6.05. The lowest BCUT2D eigenvalue weighted by Gasteiger charge is -2.45. The van der Waals surface area contributed by atoms with Crippen molar-refractivity contribution in [2.45, 2.75) is 38.1 Å². The van der Waals surface area contributed by atoms with Crippen molar-refractivity contribution < 1.29 is 9.53 Å². The molecule has 132 valence electrons. The highest BCUT2D eigenvalue weighted by molar-refractivity contribution is 6.33. The molecule has 3 aliphatic heterocycles. The molecule has 5 nitrogen and oxygen atoms in total. The molecule has 3 aliphatic rings. The van der Waals surface area contributed by atoms with E-state index in [0.717, 1.165) is 24.4 Å². The molecule has 1 aromatic rings. The van der Waals surface area contributed by atoms with Crippen molar-refractivity contribution in [1.29, 1.82) is 0 Å². The van der Waals surface area contributed by atoms with Crippen molar-refractivity contribution in [1.82, 2.24) is 10.2 Å². The second-order valence-electron chi connectivity index (χ2n) is 6.87. The number of nitrogens with one attached hydrogen (secondary N) is 1. The van der Waals surface area contributed by atoms with Gasteiger partial charge in [0.1, 0.15) is 5.75 Å². The molecule has 0 aromatic heterocycles. The SMILES string of the molecule is COc1cc(N)c(Cl)cc1CC(=O)NCCC1CC2CCN1CC2. The first kappa shape index (κ1) is 17.4. The van der Waals surface area contributed by atoms with Gasteiger partial charge in [-0.25, -0.2) is 0 Å². The smallest absolute Gasteiger partial charge is 0.224 e. The Morgan fingerprint density at radius 3 is 2.79 bits per heavy atom. The average molecular weight is 352 g/mol. The fraction of sp³-hybridized carbons (Fsp3) is 0.611. The highest BCUT2D eigenvalue weighted by Crippen LogP contribution is 2.33. The Balaban J connectivity index is 1.48. The highest BCUT2D eigenvalue weighted by atomic mass is 35.5. The summed E-state index contributed by atoms with van der Waals surface area (Å²) in [5.41, 5.74) is 6.99. The van der Waals surface area contributed by atoms with Gasteiger partial charge in [0.05, 0.1) is 24.2 Å². The normalized spacial score (nSPS) is 25.5. The number of piperidine rings is 3. The van der Waals surface area contributed by atoms with E-state index in [4.69, 9.17) is 22.1 Å². The Hall–Kier alpha value is -1.46. The lowest BCUT2D eigenvalue weighted by atomic mass is 9.82. The molecule has 1 amide bonds. The van der Waals surface area contributed by atoms with E-state index in [9.17, 15) is 4.79 Å². The molecule has 3 fully saturated rings. The van der Waals surface area contributed by atoms with E-state index in [1.165, 1.54) is 32.4 Å². The van der Waals surface area contributed by atoms with Crippen LogP contribution in [0.4, 0.5) is 5.69 Å². The zero-order valence-electron chi connectivity index (χ0n) is 14.2. The van der Waals surface area contributed by atoms with E-state index < -0.39 is 0 Å². The summed E-state index contributed by atoms with van der Waals surface area (Å²) in [5, 5.41) is 3.48. The number of halogens is 1. The summed E-state index contributed by atoms with van der Waals surface area (Å²) in [5.74, 6) is 1.49. The lowest BCUT2D eigenvalue weighted by Crippen LogP contribution is -2.49. The summed E-state index contributed by atoms with van der Waals surface area (Å²) in [6, 6.07) is 4.01. The van der Waals surface area contributed by atoms with Crippen LogP contribution in [0.5, 0.6) is 5.75 Å². The fourth-order valence-corrected chi connectivity index (χ4v) is 4.13. The van der Waals surface area contributed by atoms with Crippen molar-refractivity contribution in [3.63, 3.8) is 0 Å². The predicted octanol–water partition coefficient (Wildman–Crippen LogP) is 2.46. The highest BCUT2D eigenvalue weighted by Gasteiger charge is 2.32.